The first-order valence-corrected chi connectivity index (χ1v) is 7.14. The van der Waals surface area contributed by atoms with Gasteiger partial charge in [-0.15, -0.1) is 0 Å². The van der Waals surface area contributed by atoms with Crippen LogP contribution in [0.5, 0.6) is 0 Å². The first kappa shape index (κ1) is 16.3. The summed E-state index contributed by atoms with van der Waals surface area (Å²) in [4.78, 5) is 4.65. The largest absolute Gasteiger partial charge is 0.466 e. The topological polar surface area (TPSA) is 19.6 Å². The zero-order chi connectivity index (χ0) is 14.6. The monoisotopic (exact) mass is 266 g/mol. The molecule has 3 heteroatoms. The molecule has 0 spiro atoms. The number of furan rings is 1. The molecule has 0 aliphatic rings. The van der Waals surface area contributed by atoms with Crippen LogP contribution in [0.15, 0.2) is 16.5 Å². The van der Waals surface area contributed by atoms with Gasteiger partial charge in [-0.2, -0.15) is 0 Å². The lowest BCUT2D eigenvalue weighted by atomic mass is 9.83. The van der Waals surface area contributed by atoms with Crippen LogP contribution < -0.4 is 0 Å². The molecule has 1 heterocycles. The summed E-state index contributed by atoms with van der Waals surface area (Å²) in [6.45, 7) is 11.0. The smallest absolute Gasteiger partial charge is 0.109 e. The van der Waals surface area contributed by atoms with E-state index in [2.05, 4.69) is 63.8 Å². The third kappa shape index (κ3) is 5.00. The van der Waals surface area contributed by atoms with Gasteiger partial charge in [-0.3, -0.25) is 0 Å². The fourth-order valence-electron chi connectivity index (χ4n) is 2.37. The number of nitrogens with zero attached hydrogens (tertiary/aromatic N) is 2. The molecule has 19 heavy (non-hydrogen) atoms. The summed E-state index contributed by atoms with van der Waals surface area (Å²) in [6.07, 6.45) is 1.10. The van der Waals surface area contributed by atoms with Crippen LogP contribution in [0.1, 0.15) is 38.7 Å². The van der Waals surface area contributed by atoms with Crippen molar-refractivity contribution in [1.29, 1.82) is 0 Å². The van der Waals surface area contributed by atoms with Crippen molar-refractivity contribution in [1.82, 2.24) is 9.80 Å². The summed E-state index contributed by atoms with van der Waals surface area (Å²) < 4.78 is 5.80. The third-order valence-electron chi connectivity index (χ3n) is 3.87. The Morgan fingerprint density at radius 3 is 2.26 bits per heavy atom. The lowest BCUT2D eigenvalue weighted by molar-refractivity contribution is 0.188. The summed E-state index contributed by atoms with van der Waals surface area (Å²) in [5.41, 5.74) is 0.0834. The number of hydrogen-bond acceptors (Lipinski definition) is 3. The Labute approximate surface area is 118 Å². The summed E-state index contributed by atoms with van der Waals surface area (Å²) in [5, 5.41) is 0. The predicted molar refractivity (Wildman–Crippen MR) is 81.7 cm³/mol. The van der Waals surface area contributed by atoms with Crippen molar-refractivity contribution in [2.24, 2.45) is 0 Å². The fraction of sp³-hybridized carbons (Fsp3) is 0.750. The zero-order valence-corrected chi connectivity index (χ0v) is 13.7. The molecular formula is C16H30N2O. The van der Waals surface area contributed by atoms with Gasteiger partial charge >= 0.3 is 0 Å². The Morgan fingerprint density at radius 2 is 1.79 bits per heavy atom. The van der Waals surface area contributed by atoms with Crippen LogP contribution in [0.25, 0.3) is 0 Å². The third-order valence-corrected chi connectivity index (χ3v) is 3.87. The second-order valence-electron chi connectivity index (χ2n) is 6.63. The van der Waals surface area contributed by atoms with Crippen LogP contribution in [-0.4, -0.2) is 50.1 Å². The number of hydrogen-bond donors (Lipinski definition) is 0. The average molecular weight is 266 g/mol. The quantitative estimate of drug-likeness (QED) is 0.756. The Kier molecular flexibility index (Phi) is 5.63. The molecule has 1 rings (SSSR count). The Balaban J connectivity index is 2.57. The minimum atomic E-state index is 0.0834. The van der Waals surface area contributed by atoms with Crippen molar-refractivity contribution in [2.45, 2.75) is 45.6 Å². The van der Waals surface area contributed by atoms with Gasteiger partial charge in [-0.25, -0.2) is 0 Å². The van der Waals surface area contributed by atoms with E-state index >= 15 is 0 Å². The highest BCUT2D eigenvalue weighted by molar-refractivity contribution is 5.15. The van der Waals surface area contributed by atoms with Crippen LogP contribution in [0.2, 0.25) is 0 Å². The Morgan fingerprint density at radius 1 is 1.16 bits per heavy atom. The van der Waals surface area contributed by atoms with Crippen LogP contribution in [0.4, 0.5) is 0 Å². The maximum atomic E-state index is 5.80. The summed E-state index contributed by atoms with van der Waals surface area (Å²) in [5.74, 6) is 2.09. The Bertz CT molecular complexity index is 382. The zero-order valence-electron chi connectivity index (χ0n) is 13.7. The SMILES string of the molecule is Cc1ccc(C(C)(C)CC(C)N(C)CCN(C)C)o1. The van der Waals surface area contributed by atoms with Crippen molar-refractivity contribution < 1.29 is 4.42 Å². The molecule has 0 bridgehead atoms. The first-order valence-electron chi connectivity index (χ1n) is 7.14. The maximum Gasteiger partial charge on any atom is 0.109 e. The van der Waals surface area contributed by atoms with E-state index in [-0.39, 0.29) is 5.41 Å². The van der Waals surface area contributed by atoms with Crippen LogP contribution >= 0.6 is 0 Å². The normalized spacial score (nSPS) is 14.4. The van der Waals surface area contributed by atoms with E-state index in [0.717, 1.165) is 31.0 Å². The second kappa shape index (κ2) is 6.58. The van der Waals surface area contributed by atoms with E-state index in [1.807, 2.05) is 6.92 Å². The molecule has 0 aliphatic carbocycles. The number of likely N-dealkylation sites (N-methyl/N-ethyl adjacent to an activating group) is 2. The van der Waals surface area contributed by atoms with Crippen molar-refractivity contribution in [3.63, 3.8) is 0 Å². The van der Waals surface area contributed by atoms with E-state index in [9.17, 15) is 0 Å². The molecule has 110 valence electrons. The molecule has 0 amide bonds. The molecule has 0 radical (unpaired) electrons. The van der Waals surface area contributed by atoms with Crippen molar-refractivity contribution in [2.75, 3.05) is 34.2 Å². The summed E-state index contributed by atoms with van der Waals surface area (Å²) in [7, 11) is 6.44. The minimum Gasteiger partial charge on any atom is -0.466 e. The van der Waals surface area contributed by atoms with Gasteiger partial charge in [-0.05, 0) is 53.5 Å². The lowest BCUT2D eigenvalue weighted by Gasteiger charge is -2.32. The van der Waals surface area contributed by atoms with E-state index in [0.29, 0.717) is 6.04 Å². The van der Waals surface area contributed by atoms with Gasteiger partial charge in [0, 0.05) is 24.5 Å². The van der Waals surface area contributed by atoms with Gasteiger partial charge in [0.25, 0.3) is 0 Å². The molecule has 0 aliphatic heterocycles. The standard InChI is InChI=1S/C16H30N2O/c1-13(18(7)11-10-17(5)6)12-16(3,4)15-9-8-14(2)19-15/h8-9,13H,10-12H2,1-7H3. The summed E-state index contributed by atoms with van der Waals surface area (Å²) >= 11 is 0. The minimum absolute atomic E-state index is 0.0834. The van der Waals surface area contributed by atoms with Gasteiger partial charge < -0.3 is 14.2 Å². The Hall–Kier alpha value is -0.800. The van der Waals surface area contributed by atoms with E-state index in [1.165, 1.54) is 0 Å². The first-order chi connectivity index (χ1) is 8.72. The molecule has 0 fully saturated rings. The van der Waals surface area contributed by atoms with Gasteiger partial charge in [0.2, 0.25) is 0 Å². The van der Waals surface area contributed by atoms with Crippen LogP contribution in [-0.2, 0) is 5.41 Å². The van der Waals surface area contributed by atoms with Gasteiger partial charge in [0.15, 0.2) is 0 Å². The van der Waals surface area contributed by atoms with Crippen molar-refractivity contribution in [3.8, 4) is 0 Å². The van der Waals surface area contributed by atoms with E-state index < -0.39 is 0 Å². The average Bonchev–Trinajstić information content (AvgIpc) is 2.72. The molecule has 1 aromatic heterocycles. The maximum absolute atomic E-state index is 5.80. The van der Waals surface area contributed by atoms with E-state index in [1.54, 1.807) is 0 Å². The molecule has 1 unspecified atom stereocenters. The molecule has 0 saturated heterocycles. The van der Waals surface area contributed by atoms with Crippen LogP contribution in [0.3, 0.4) is 0 Å². The highest BCUT2D eigenvalue weighted by atomic mass is 16.3. The van der Waals surface area contributed by atoms with Crippen molar-refractivity contribution in [3.05, 3.63) is 23.7 Å². The highest BCUT2D eigenvalue weighted by Crippen LogP contribution is 2.30. The number of rotatable bonds is 7. The summed E-state index contributed by atoms with van der Waals surface area (Å²) in [6, 6.07) is 4.71. The molecule has 3 nitrogen and oxygen atoms in total. The molecule has 0 aromatic carbocycles. The number of aryl methyl sites for hydroxylation is 1. The molecular weight excluding hydrogens is 236 g/mol. The lowest BCUT2D eigenvalue weighted by Crippen LogP contribution is -2.38. The van der Waals surface area contributed by atoms with E-state index in [4.69, 9.17) is 4.42 Å². The van der Waals surface area contributed by atoms with Gasteiger partial charge in [0.1, 0.15) is 11.5 Å². The second-order valence-corrected chi connectivity index (χ2v) is 6.63. The van der Waals surface area contributed by atoms with Crippen molar-refractivity contribution >= 4 is 0 Å². The predicted octanol–water partition coefficient (Wildman–Crippen LogP) is 3.14. The molecule has 1 aromatic rings. The molecule has 1 atom stereocenters. The molecule has 0 saturated carbocycles. The fourth-order valence-corrected chi connectivity index (χ4v) is 2.37. The van der Waals surface area contributed by atoms with Gasteiger partial charge in [-0.1, -0.05) is 13.8 Å². The van der Waals surface area contributed by atoms with Gasteiger partial charge in [0.05, 0.1) is 0 Å². The molecule has 0 N–H and O–H groups in total. The van der Waals surface area contributed by atoms with Crippen LogP contribution in [0, 0.1) is 6.92 Å². The highest BCUT2D eigenvalue weighted by Gasteiger charge is 2.27.